The van der Waals surface area contributed by atoms with E-state index < -0.39 is 0 Å². The molecule has 19 heavy (non-hydrogen) atoms. The summed E-state index contributed by atoms with van der Waals surface area (Å²) in [6.07, 6.45) is 1.19. The van der Waals surface area contributed by atoms with Gasteiger partial charge >= 0.3 is 0 Å². The third-order valence-corrected chi connectivity index (χ3v) is 4.03. The molecule has 0 bridgehead atoms. The van der Waals surface area contributed by atoms with Crippen LogP contribution in [-0.4, -0.2) is 37.1 Å². The van der Waals surface area contributed by atoms with Crippen LogP contribution in [0.15, 0.2) is 18.2 Å². The fourth-order valence-corrected chi connectivity index (χ4v) is 2.55. The summed E-state index contributed by atoms with van der Waals surface area (Å²) in [5, 5.41) is 8.98. The predicted octanol–water partition coefficient (Wildman–Crippen LogP) is 2.06. The van der Waals surface area contributed by atoms with Crippen LogP contribution < -0.4 is 10.6 Å². The van der Waals surface area contributed by atoms with E-state index in [1.54, 1.807) is 6.07 Å². The quantitative estimate of drug-likeness (QED) is 0.843. The molecule has 0 amide bonds. The summed E-state index contributed by atoms with van der Waals surface area (Å²) in [4.78, 5) is 4.80. The molecule has 102 valence electrons. The number of hydrogen-bond acceptors (Lipinski definition) is 4. The van der Waals surface area contributed by atoms with Gasteiger partial charge in [0, 0.05) is 32.2 Å². The SMILES string of the molecule is CCC(C)N1CCN(c2cc(C#N)ccc2N)CC1. The predicted molar refractivity (Wildman–Crippen MR) is 79.1 cm³/mol. The molecule has 0 saturated carbocycles. The summed E-state index contributed by atoms with van der Waals surface area (Å²) < 4.78 is 0. The van der Waals surface area contributed by atoms with Crippen LogP contribution in [0.3, 0.4) is 0 Å². The maximum Gasteiger partial charge on any atom is 0.0992 e. The van der Waals surface area contributed by atoms with Crippen molar-refractivity contribution in [3.05, 3.63) is 23.8 Å². The minimum Gasteiger partial charge on any atom is -0.397 e. The van der Waals surface area contributed by atoms with Gasteiger partial charge in [0.05, 0.1) is 23.0 Å². The van der Waals surface area contributed by atoms with Crippen molar-refractivity contribution in [2.75, 3.05) is 36.8 Å². The van der Waals surface area contributed by atoms with Crippen LogP contribution in [0.5, 0.6) is 0 Å². The van der Waals surface area contributed by atoms with E-state index in [-0.39, 0.29) is 0 Å². The van der Waals surface area contributed by atoms with Gasteiger partial charge in [-0.2, -0.15) is 5.26 Å². The molecule has 1 aliphatic heterocycles. The Kier molecular flexibility index (Phi) is 4.28. The van der Waals surface area contributed by atoms with Crippen LogP contribution in [0, 0.1) is 11.3 Å². The van der Waals surface area contributed by atoms with E-state index >= 15 is 0 Å². The third-order valence-electron chi connectivity index (χ3n) is 4.03. The standard InChI is InChI=1S/C15H22N4/c1-3-12(2)18-6-8-19(9-7-18)15-10-13(11-16)4-5-14(15)17/h4-5,10,12H,3,6-9,17H2,1-2H3. The number of nitrogen functional groups attached to an aromatic ring is 1. The van der Waals surface area contributed by atoms with Crippen LogP contribution in [-0.2, 0) is 0 Å². The first-order valence-electron chi connectivity index (χ1n) is 6.94. The Balaban J connectivity index is 2.07. The molecule has 2 N–H and O–H groups in total. The molecule has 1 aromatic carbocycles. The van der Waals surface area contributed by atoms with E-state index in [9.17, 15) is 0 Å². The third kappa shape index (κ3) is 2.99. The Hall–Kier alpha value is -1.73. The fraction of sp³-hybridized carbons (Fsp3) is 0.533. The normalized spacial score (nSPS) is 18.1. The first kappa shape index (κ1) is 13.7. The van der Waals surface area contributed by atoms with Crippen molar-refractivity contribution in [1.29, 1.82) is 5.26 Å². The van der Waals surface area contributed by atoms with Crippen molar-refractivity contribution in [3.63, 3.8) is 0 Å². The minimum absolute atomic E-state index is 0.643. The van der Waals surface area contributed by atoms with Crippen LogP contribution in [0.25, 0.3) is 0 Å². The molecule has 1 unspecified atom stereocenters. The van der Waals surface area contributed by atoms with Gasteiger partial charge in [-0.05, 0) is 31.5 Å². The zero-order chi connectivity index (χ0) is 13.8. The molecule has 1 heterocycles. The highest BCUT2D eigenvalue weighted by Gasteiger charge is 2.21. The summed E-state index contributed by atoms with van der Waals surface area (Å²) in [5.41, 5.74) is 8.47. The van der Waals surface area contributed by atoms with Gasteiger partial charge in [-0.15, -0.1) is 0 Å². The van der Waals surface area contributed by atoms with Gasteiger partial charge in [0.25, 0.3) is 0 Å². The number of anilines is 2. The van der Waals surface area contributed by atoms with Gasteiger partial charge in [-0.3, -0.25) is 4.90 Å². The largest absolute Gasteiger partial charge is 0.397 e. The molecule has 1 aromatic rings. The second kappa shape index (κ2) is 5.94. The molecule has 0 radical (unpaired) electrons. The first-order valence-corrected chi connectivity index (χ1v) is 6.94. The Morgan fingerprint density at radius 2 is 2.00 bits per heavy atom. The van der Waals surface area contributed by atoms with Crippen LogP contribution in [0.2, 0.25) is 0 Å². The molecule has 1 aliphatic rings. The zero-order valence-electron chi connectivity index (χ0n) is 11.8. The molecule has 0 aliphatic carbocycles. The number of nitrogens with zero attached hydrogens (tertiary/aromatic N) is 3. The van der Waals surface area contributed by atoms with Crippen molar-refractivity contribution in [2.24, 2.45) is 0 Å². The van der Waals surface area contributed by atoms with Crippen molar-refractivity contribution in [2.45, 2.75) is 26.3 Å². The summed E-state index contributed by atoms with van der Waals surface area (Å²) in [5.74, 6) is 0. The molecule has 0 spiro atoms. The smallest absolute Gasteiger partial charge is 0.0992 e. The van der Waals surface area contributed by atoms with Crippen molar-refractivity contribution < 1.29 is 0 Å². The van der Waals surface area contributed by atoms with Gasteiger partial charge in [-0.25, -0.2) is 0 Å². The second-order valence-corrected chi connectivity index (χ2v) is 5.17. The molecule has 2 rings (SSSR count). The average molecular weight is 258 g/mol. The van der Waals surface area contributed by atoms with Gasteiger partial charge in [-0.1, -0.05) is 6.92 Å². The van der Waals surface area contributed by atoms with Gasteiger partial charge in [0.15, 0.2) is 0 Å². The summed E-state index contributed by atoms with van der Waals surface area (Å²) in [6, 6.07) is 8.32. The van der Waals surface area contributed by atoms with Crippen molar-refractivity contribution in [1.82, 2.24) is 4.90 Å². The average Bonchev–Trinajstić information content (AvgIpc) is 2.47. The first-order chi connectivity index (χ1) is 9.15. The van der Waals surface area contributed by atoms with Gasteiger partial charge < -0.3 is 10.6 Å². The Morgan fingerprint density at radius 1 is 1.32 bits per heavy atom. The molecule has 4 heteroatoms. The lowest BCUT2D eigenvalue weighted by Crippen LogP contribution is -2.49. The fourth-order valence-electron chi connectivity index (χ4n) is 2.55. The van der Waals surface area contributed by atoms with Crippen molar-refractivity contribution >= 4 is 11.4 Å². The molecule has 0 aromatic heterocycles. The molecular weight excluding hydrogens is 236 g/mol. The number of hydrogen-bond donors (Lipinski definition) is 1. The lowest BCUT2D eigenvalue weighted by atomic mass is 10.1. The molecular formula is C15H22N4. The van der Waals surface area contributed by atoms with E-state index in [4.69, 9.17) is 11.0 Å². The maximum atomic E-state index is 8.98. The number of benzene rings is 1. The lowest BCUT2D eigenvalue weighted by Gasteiger charge is -2.39. The van der Waals surface area contributed by atoms with E-state index in [0.717, 1.165) is 37.6 Å². The minimum atomic E-state index is 0.643. The molecule has 1 atom stereocenters. The molecule has 1 saturated heterocycles. The molecule has 1 fully saturated rings. The van der Waals surface area contributed by atoms with E-state index in [1.165, 1.54) is 6.42 Å². The summed E-state index contributed by atoms with van der Waals surface area (Å²) >= 11 is 0. The summed E-state index contributed by atoms with van der Waals surface area (Å²) in [6.45, 7) is 8.58. The number of piperazine rings is 1. The Morgan fingerprint density at radius 3 is 2.58 bits per heavy atom. The zero-order valence-corrected chi connectivity index (χ0v) is 11.8. The van der Waals surface area contributed by atoms with Crippen LogP contribution in [0.1, 0.15) is 25.8 Å². The number of nitriles is 1. The molecule has 4 nitrogen and oxygen atoms in total. The van der Waals surface area contributed by atoms with Crippen molar-refractivity contribution in [3.8, 4) is 6.07 Å². The van der Waals surface area contributed by atoms with E-state index in [0.29, 0.717) is 11.6 Å². The monoisotopic (exact) mass is 258 g/mol. The maximum absolute atomic E-state index is 8.98. The Labute approximate surface area is 115 Å². The lowest BCUT2D eigenvalue weighted by molar-refractivity contribution is 0.193. The van der Waals surface area contributed by atoms with E-state index in [2.05, 4.69) is 29.7 Å². The topological polar surface area (TPSA) is 56.3 Å². The highest BCUT2D eigenvalue weighted by atomic mass is 15.3. The van der Waals surface area contributed by atoms with Crippen LogP contribution >= 0.6 is 0 Å². The van der Waals surface area contributed by atoms with Gasteiger partial charge in [0.1, 0.15) is 0 Å². The highest BCUT2D eigenvalue weighted by Crippen LogP contribution is 2.26. The number of rotatable bonds is 3. The highest BCUT2D eigenvalue weighted by molar-refractivity contribution is 5.69. The second-order valence-electron chi connectivity index (χ2n) is 5.17. The van der Waals surface area contributed by atoms with Crippen LogP contribution in [0.4, 0.5) is 11.4 Å². The summed E-state index contributed by atoms with van der Waals surface area (Å²) in [7, 11) is 0. The Bertz CT molecular complexity index is 470. The van der Waals surface area contributed by atoms with Gasteiger partial charge in [0.2, 0.25) is 0 Å². The number of nitrogens with two attached hydrogens (primary N) is 1. The van der Waals surface area contributed by atoms with E-state index in [1.807, 2.05) is 12.1 Å².